The summed E-state index contributed by atoms with van der Waals surface area (Å²) in [6.45, 7) is 0.761. The Bertz CT molecular complexity index is 620. The number of nitrogens with zero attached hydrogens (tertiary/aromatic N) is 1. The van der Waals surface area contributed by atoms with Crippen molar-refractivity contribution in [1.82, 2.24) is 15.5 Å². The number of amides is 5. The molecule has 0 radical (unpaired) electrons. The normalized spacial score (nSPS) is 26.1. The van der Waals surface area contributed by atoms with Crippen LogP contribution in [0.1, 0.15) is 45.4 Å². The summed E-state index contributed by atoms with van der Waals surface area (Å²) in [6.07, 6.45) is 4.88. The Morgan fingerprint density at radius 1 is 1.08 bits per heavy atom. The largest absolute Gasteiger partial charge is 0.454 e. The molecule has 1 heterocycles. The second kappa shape index (κ2) is 7.43. The summed E-state index contributed by atoms with van der Waals surface area (Å²) in [5, 5.41) is 4.63. The lowest BCUT2D eigenvalue weighted by molar-refractivity contribution is -0.159. The van der Waals surface area contributed by atoms with Crippen LogP contribution in [-0.2, 0) is 23.9 Å². The zero-order chi connectivity index (χ0) is 18.8. The zero-order valence-corrected chi connectivity index (χ0v) is 14.7. The van der Waals surface area contributed by atoms with E-state index in [1.54, 1.807) is 0 Å². The summed E-state index contributed by atoms with van der Waals surface area (Å²) in [5.41, 5.74) is 0. The van der Waals surface area contributed by atoms with Crippen LogP contribution in [0, 0.1) is 11.8 Å². The molecule has 2 saturated carbocycles. The molecule has 142 valence electrons. The summed E-state index contributed by atoms with van der Waals surface area (Å²) in [5.74, 6) is -2.98. The van der Waals surface area contributed by atoms with Crippen LogP contribution in [0.3, 0.4) is 0 Å². The van der Waals surface area contributed by atoms with E-state index < -0.39 is 30.6 Å². The molecule has 0 aromatic carbocycles. The van der Waals surface area contributed by atoms with E-state index in [0.29, 0.717) is 12.8 Å². The highest BCUT2D eigenvalue weighted by atomic mass is 16.5. The van der Waals surface area contributed by atoms with Gasteiger partial charge in [-0.25, -0.2) is 9.59 Å². The first-order chi connectivity index (χ1) is 12.4. The molecule has 26 heavy (non-hydrogen) atoms. The van der Waals surface area contributed by atoms with E-state index in [-0.39, 0.29) is 29.7 Å². The monoisotopic (exact) mass is 365 g/mol. The van der Waals surface area contributed by atoms with Crippen molar-refractivity contribution >= 4 is 29.7 Å². The van der Waals surface area contributed by atoms with Gasteiger partial charge in [0.25, 0.3) is 5.91 Å². The average molecular weight is 365 g/mol. The number of urea groups is 1. The lowest BCUT2D eigenvalue weighted by Crippen LogP contribution is -2.46. The van der Waals surface area contributed by atoms with Gasteiger partial charge in [-0.3, -0.25) is 24.6 Å². The predicted octanol–water partition coefficient (Wildman–Crippen LogP) is 0.0815. The number of nitrogens with one attached hydrogen (secondary N) is 2. The van der Waals surface area contributed by atoms with Gasteiger partial charge in [0.1, 0.15) is 6.04 Å². The molecule has 0 unspecified atom stereocenters. The van der Waals surface area contributed by atoms with E-state index in [2.05, 4.69) is 10.6 Å². The minimum atomic E-state index is -1.09. The summed E-state index contributed by atoms with van der Waals surface area (Å²) in [7, 11) is 0. The van der Waals surface area contributed by atoms with Crippen molar-refractivity contribution in [3.8, 4) is 0 Å². The van der Waals surface area contributed by atoms with Crippen molar-refractivity contribution in [2.45, 2.75) is 57.5 Å². The number of carbonyl (C=O) groups is 5. The summed E-state index contributed by atoms with van der Waals surface area (Å²) < 4.78 is 4.87. The Balaban J connectivity index is 1.49. The fourth-order valence-electron chi connectivity index (χ4n) is 3.54. The number of hydrogen-bond acceptors (Lipinski definition) is 6. The SMILES string of the molecule is C[C@@H](C(=O)OCC(=O)NC(=O)NC1CC1)N1C(=O)[C@@H]2CCCC[C@H]2C1=O. The molecule has 3 aliphatic rings. The zero-order valence-electron chi connectivity index (χ0n) is 14.7. The average Bonchev–Trinajstić information content (AvgIpc) is 3.38. The highest BCUT2D eigenvalue weighted by Gasteiger charge is 2.51. The highest BCUT2D eigenvalue weighted by Crippen LogP contribution is 2.38. The van der Waals surface area contributed by atoms with Crippen LogP contribution in [0.15, 0.2) is 0 Å². The standard InChI is InChI=1S/C17H23N3O6/c1-9(20-14(22)11-4-2-3-5-12(11)15(20)23)16(24)26-8-13(21)19-17(25)18-10-6-7-10/h9-12H,2-8H2,1H3,(H2,18,19,21,25)/t9-,11+,12+/m0/s1. The first kappa shape index (κ1) is 18.3. The first-order valence-electron chi connectivity index (χ1n) is 9.02. The van der Waals surface area contributed by atoms with Gasteiger partial charge in [0.05, 0.1) is 11.8 Å². The molecule has 3 fully saturated rings. The molecule has 2 N–H and O–H groups in total. The van der Waals surface area contributed by atoms with Crippen molar-refractivity contribution in [3.63, 3.8) is 0 Å². The number of hydrogen-bond donors (Lipinski definition) is 2. The van der Waals surface area contributed by atoms with E-state index in [4.69, 9.17) is 4.74 Å². The van der Waals surface area contributed by atoms with Gasteiger partial charge in [-0.15, -0.1) is 0 Å². The van der Waals surface area contributed by atoms with Crippen molar-refractivity contribution in [3.05, 3.63) is 0 Å². The molecule has 3 rings (SSSR count). The maximum Gasteiger partial charge on any atom is 0.329 e. The second-order valence-corrected chi connectivity index (χ2v) is 7.12. The number of imide groups is 2. The van der Waals surface area contributed by atoms with Crippen LogP contribution >= 0.6 is 0 Å². The van der Waals surface area contributed by atoms with E-state index in [1.165, 1.54) is 6.92 Å². The molecule has 0 aromatic heterocycles. The van der Waals surface area contributed by atoms with Gasteiger partial charge in [0, 0.05) is 6.04 Å². The third-order valence-corrected chi connectivity index (χ3v) is 5.11. The summed E-state index contributed by atoms with van der Waals surface area (Å²) in [4.78, 5) is 61.1. The van der Waals surface area contributed by atoms with Crippen molar-refractivity contribution < 1.29 is 28.7 Å². The third kappa shape index (κ3) is 3.86. The number of esters is 1. The molecule has 9 nitrogen and oxygen atoms in total. The fraction of sp³-hybridized carbons (Fsp3) is 0.706. The van der Waals surface area contributed by atoms with E-state index in [1.807, 2.05) is 0 Å². The van der Waals surface area contributed by atoms with Crippen molar-refractivity contribution in [2.24, 2.45) is 11.8 Å². The number of rotatable bonds is 5. The third-order valence-electron chi connectivity index (χ3n) is 5.11. The van der Waals surface area contributed by atoms with Crippen LogP contribution in [-0.4, -0.2) is 53.3 Å². The van der Waals surface area contributed by atoms with Gasteiger partial charge < -0.3 is 10.1 Å². The lowest BCUT2D eigenvalue weighted by Gasteiger charge is -2.21. The Labute approximate surface area is 150 Å². The Hall–Kier alpha value is -2.45. The van der Waals surface area contributed by atoms with Gasteiger partial charge in [-0.05, 0) is 32.6 Å². The molecule has 2 aliphatic carbocycles. The first-order valence-corrected chi connectivity index (χ1v) is 9.02. The van der Waals surface area contributed by atoms with Gasteiger partial charge >= 0.3 is 12.0 Å². The van der Waals surface area contributed by atoms with Gasteiger partial charge in [-0.1, -0.05) is 12.8 Å². The minimum Gasteiger partial charge on any atom is -0.454 e. The number of likely N-dealkylation sites (tertiary alicyclic amines) is 1. The summed E-state index contributed by atoms with van der Waals surface area (Å²) >= 11 is 0. The van der Waals surface area contributed by atoms with Crippen LogP contribution in [0.5, 0.6) is 0 Å². The molecule has 5 amide bonds. The molecule has 0 bridgehead atoms. The quantitative estimate of drug-likeness (QED) is 0.526. The lowest BCUT2D eigenvalue weighted by atomic mass is 9.81. The Morgan fingerprint density at radius 3 is 2.19 bits per heavy atom. The molecule has 9 heteroatoms. The van der Waals surface area contributed by atoms with Crippen LogP contribution < -0.4 is 10.6 Å². The summed E-state index contributed by atoms with van der Waals surface area (Å²) in [6, 6.07) is -1.62. The van der Waals surface area contributed by atoms with Gasteiger partial charge in [0.15, 0.2) is 6.61 Å². The molecule has 1 saturated heterocycles. The topological polar surface area (TPSA) is 122 Å². The van der Waals surface area contributed by atoms with E-state index >= 15 is 0 Å². The second-order valence-electron chi connectivity index (χ2n) is 7.12. The highest BCUT2D eigenvalue weighted by molar-refractivity contribution is 6.08. The van der Waals surface area contributed by atoms with Crippen molar-refractivity contribution in [2.75, 3.05) is 6.61 Å². The van der Waals surface area contributed by atoms with Crippen LogP contribution in [0.25, 0.3) is 0 Å². The molecular formula is C17H23N3O6. The maximum atomic E-state index is 12.5. The predicted molar refractivity (Wildman–Crippen MR) is 87.4 cm³/mol. The molecule has 1 aliphatic heterocycles. The van der Waals surface area contributed by atoms with Crippen LogP contribution in [0.4, 0.5) is 4.79 Å². The van der Waals surface area contributed by atoms with E-state index in [0.717, 1.165) is 30.6 Å². The van der Waals surface area contributed by atoms with E-state index in [9.17, 15) is 24.0 Å². The molecule has 0 aromatic rings. The van der Waals surface area contributed by atoms with Crippen LogP contribution in [0.2, 0.25) is 0 Å². The number of fused-ring (bicyclic) bond motifs is 1. The fourth-order valence-corrected chi connectivity index (χ4v) is 3.54. The number of carbonyl (C=O) groups excluding carboxylic acids is 5. The maximum absolute atomic E-state index is 12.5. The van der Waals surface area contributed by atoms with Gasteiger partial charge in [0.2, 0.25) is 11.8 Å². The molecule has 0 spiro atoms. The smallest absolute Gasteiger partial charge is 0.329 e. The molecular weight excluding hydrogens is 342 g/mol. The Morgan fingerprint density at radius 2 is 1.65 bits per heavy atom. The Kier molecular flexibility index (Phi) is 5.24. The minimum absolute atomic E-state index is 0.0982. The molecule has 3 atom stereocenters. The van der Waals surface area contributed by atoms with Crippen molar-refractivity contribution in [1.29, 1.82) is 0 Å². The van der Waals surface area contributed by atoms with Gasteiger partial charge in [-0.2, -0.15) is 0 Å². The number of ether oxygens (including phenoxy) is 1.